The van der Waals surface area contributed by atoms with Crippen molar-refractivity contribution in [3.63, 3.8) is 0 Å². The molecule has 1 aliphatic carbocycles. The maximum Gasteiger partial charge on any atom is 0.227 e. The van der Waals surface area contributed by atoms with E-state index in [-0.39, 0.29) is 35.8 Å². The topological polar surface area (TPSA) is 52.6 Å². The van der Waals surface area contributed by atoms with Crippen LogP contribution in [0.4, 0.5) is 4.39 Å². The summed E-state index contributed by atoms with van der Waals surface area (Å²) in [6, 6.07) is 14.4. The standard InChI is InChI=1S/C21H23FN2O2/c1-13(14-6-8-16(22)9-7-14)21(26)23-19-10-15-4-2-3-5-18(15)20(19)24-11-17(25)12-24/h2-9,13,17,19-20,25H,10-12H2,1H3,(H,23,26)/t13-,19+,20+/m0/s1. The van der Waals surface area contributed by atoms with Gasteiger partial charge in [-0.05, 0) is 42.2 Å². The first-order valence-corrected chi connectivity index (χ1v) is 9.08. The zero-order valence-electron chi connectivity index (χ0n) is 14.7. The van der Waals surface area contributed by atoms with Crippen LogP contribution in [0.1, 0.15) is 35.6 Å². The molecule has 2 aromatic rings. The number of β-amino-alcohol motifs (C(OH)–C–C–N with tert-alkyl or cyclic N) is 1. The number of nitrogens with one attached hydrogen (secondary N) is 1. The van der Waals surface area contributed by atoms with Crippen LogP contribution in [0.15, 0.2) is 48.5 Å². The molecule has 136 valence electrons. The highest BCUT2D eigenvalue weighted by Crippen LogP contribution is 2.38. The van der Waals surface area contributed by atoms with Crippen molar-refractivity contribution in [2.75, 3.05) is 13.1 Å². The van der Waals surface area contributed by atoms with Crippen LogP contribution in [0.25, 0.3) is 0 Å². The number of nitrogens with zero attached hydrogens (tertiary/aromatic N) is 1. The Morgan fingerprint density at radius 2 is 1.88 bits per heavy atom. The molecule has 1 amide bonds. The number of hydrogen-bond donors (Lipinski definition) is 2. The van der Waals surface area contributed by atoms with E-state index in [2.05, 4.69) is 22.3 Å². The summed E-state index contributed by atoms with van der Waals surface area (Å²) in [5, 5.41) is 12.9. The molecule has 1 heterocycles. The van der Waals surface area contributed by atoms with E-state index >= 15 is 0 Å². The quantitative estimate of drug-likeness (QED) is 0.886. The molecule has 1 aliphatic heterocycles. The molecule has 0 saturated carbocycles. The van der Waals surface area contributed by atoms with Gasteiger partial charge < -0.3 is 10.4 Å². The van der Waals surface area contributed by atoms with Crippen molar-refractivity contribution >= 4 is 5.91 Å². The van der Waals surface area contributed by atoms with Gasteiger partial charge in [-0.3, -0.25) is 9.69 Å². The van der Waals surface area contributed by atoms with E-state index in [0.717, 1.165) is 12.0 Å². The lowest BCUT2D eigenvalue weighted by Crippen LogP contribution is -2.56. The van der Waals surface area contributed by atoms with E-state index < -0.39 is 0 Å². The third-order valence-electron chi connectivity index (χ3n) is 5.57. The van der Waals surface area contributed by atoms with E-state index in [1.807, 2.05) is 19.1 Å². The van der Waals surface area contributed by atoms with Gasteiger partial charge >= 0.3 is 0 Å². The predicted octanol–water partition coefficient (Wildman–Crippen LogP) is 2.39. The Bertz CT molecular complexity index is 802. The van der Waals surface area contributed by atoms with Crippen LogP contribution in [0.5, 0.6) is 0 Å². The summed E-state index contributed by atoms with van der Waals surface area (Å²) in [6.07, 6.45) is 0.507. The molecule has 0 radical (unpaired) electrons. The highest BCUT2D eigenvalue weighted by Gasteiger charge is 2.42. The largest absolute Gasteiger partial charge is 0.390 e. The second kappa shape index (κ2) is 6.82. The number of rotatable bonds is 4. The fraction of sp³-hybridized carbons (Fsp3) is 0.381. The van der Waals surface area contributed by atoms with Crippen LogP contribution in [0.2, 0.25) is 0 Å². The molecule has 4 nitrogen and oxygen atoms in total. The predicted molar refractivity (Wildman–Crippen MR) is 97.2 cm³/mol. The maximum absolute atomic E-state index is 13.1. The first-order valence-electron chi connectivity index (χ1n) is 9.08. The van der Waals surface area contributed by atoms with E-state index in [9.17, 15) is 14.3 Å². The molecule has 0 spiro atoms. The van der Waals surface area contributed by atoms with Crippen LogP contribution in [0, 0.1) is 5.82 Å². The Morgan fingerprint density at radius 3 is 2.58 bits per heavy atom. The third-order valence-corrected chi connectivity index (χ3v) is 5.57. The Morgan fingerprint density at radius 1 is 1.19 bits per heavy atom. The Kier molecular flexibility index (Phi) is 4.51. The van der Waals surface area contributed by atoms with Gasteiger partial charge in [0, 0.05) is 13.1 Å². The van der Waals surface area contributed by atoms with Crippen molar-refractivity contribution in [2.45, 2.75) is 37.5 Å². The Labute approximate surface area is 152 Å². The monoisotopic (exact) mass is 354 g/mol. The van der Waals surface area contributed by atoms with Crippen molar-refractivity contribution < 1.29 is 14.3 Å². The summed E-state index contributed by atoms with van der Waals surface area (Å²) in [6.45, 7) is 3.12. The molecule has 0 aromatic heterocycles. The fourth-order valence-corrected chi connectivity index (χ4v) is 4.08. The van der Waals surface area contributed by atoms with E-state index in [1.54, 1.807) is 12.1 Å². The summed E-state index contributed by atoms with van der Waals surface area (Å²) >= 11 is 0. The third kappa shape index (κ3) is 3.13. The molecule has 26 heavy (non-hydrogen) atoms. The SMILES string of the molecule is C[C@H](C(=O)N[C@@H]1Cc2ccccc2[C@H]1N1CC(O)C1)c1ccc(F)cc1. The van der Waals surface area contributed by atoms with Crippen LogP contribution in [0.3, 0.4) is 0 Å². The van der Waals surface area contributed by atoms with Crippen molar-refractivity contribution in [2.24, 2.45) is 0 Å². The summed E-state index contributed by atoms with van der Waals surface area (Å²) in [5.41, 5.74) is 3.29. The first-order chi connectivity index (χ1) is 12.5. The fourth-order valence-electron chi connectivity index (χ4n) is 4.08. The lowest BCUT2D eigenvalue weighted by Gasteiger charge is -2.43. The molecular weight excluding hydrogens is 331 g/mol. The molecule has 0 bridgehead atoms. The number of benzene rings is 2. The molecule has 3 atom stereocenters. The number of carbonyl (C=O) groups excluding carboxylic acids is 1. The Hall–Kier alpha value is -2.24. The molecule has 1 fully saturated rings. The molecule has 2 aliphatic rings. The molecule has 1 saturated heterocycles. The van der Waals surface area contributed by atoms with Gasteiger partial charge in [0.15, 0.2) is 0 Å². The average Bonchev–Trinajstić information content (AvgIpc) is 2.96. The number of aliphatic hydroxyl groups is 1. The number of hydrogen-bond acceptors (Lipinski definition) is 3. The summed E-state index contributed by atoms with van der Waals surface area (Å²) in [4.78, 5) is 15.0. The minimum atomic E-state index is -0.345. The summed E-state index contributed by atoms with van der Waals surface area (Å²) in [7, 11) is 0. The van der Waals surface area contributed by atoms with E-state index in [1.165, 1.54) is 23.3 Å². The normalized spacial score (nSPS) is 24.0. The molecular formula is C21H23FN2O2. The second-order valence-electron chi connectivity index (χ2n) is 7.34. The highest BCUT2D eigenvalue weighted by molar-refractivity contribution is 5.83. The van der Waals surface area contributed by atoms with E-state index in [0.29, 0.717) is 13.1 Å². The van der Waals surface area contributed by atoms with Gasteiger partial charge in [0.2, 0.25) is 5.91 Å². The van der Waals surface area contributed by atoms with Crippen LogP contribution < -0.4 is 5.32 Å². The number of aliphatic hydroxyl groups excluding tert-OH is 1. The summed E-state index contributed by atoms with van der Waals surface area (Å²) in [5.74, 6) is -0.702. The first kappa shape index (κ1) is 17.2. The van der Waals surface area contributed by atoms with Gasteiger partial charge in [-0.25, -0.2) is 4.39 Å². The minimum absolute atomic E-state index is 0.0182. The van der Waals surface area contributed by atoms with E-state index in [4.69, 9.17) is 0 Å². The number of fused-ring (bicyclic) bond motifs is 1. The zero-order chi connectivity index (χ0) is 18.3. The van der Waals surface area contributed by atoms with Crippen molar-refractivity contribution in [1.29, 1.82) is 0 Å². The minimum Gasteiger partial charge on any atom is -0.390 e. The molecule has 2 N–H and O–H groups in total. The van der Waals surface area contributed by atoms with Crippen molar-refractivity contribution in [1.82, 2.24) is 10.2 Å². The van der Waals surface area contributed by atoms with Gasteiger partial charge in [-0.15, -0.1) is 0 Å². The highest BCUT2D eigenvalue weighted by atomic mass is 19.1. The number of likely N-dealkylation sites (tertiary alicyclic amines) is 1. The summed E-state index contributed by atoms with van der Waals surface area (Å²) < 4.78 is 13.1. The van der Waals surface area contributed by atoms with Gasteiger partial charge in [0.1, 0.15) is 5.82 Å². The molecule has 4 rings (SSSR count). The molecule has 5 heteroatoms. The average molecular weight is 354 g/mol. The lowest BCUT2D eigenvalue weighted by molar-refractivity contribution is -0.123. The lowest BCUT2D eigenvalue weighted by atomic mass is 9.97. The number of halogens is 1. The maximum atomic E-state index is 13.1. The van der Waals surface area contributed by atoms with Crippen molar-refractivity contribution in [3.05, 3.63) is 71.0 Å². The van der Waals surface area contributed by atoms with Gasteiger partial charge in [-0.1, -0.05) is 36.4 Å². The van der Waals surface area contributed by atoms with Gasteiger partial charge in [0.25, 0.3) is 0 Å². The molecule has 2 aromatic carbocycles. The van der Waals surface area contributed by atoms with Gasteiger partial charge in [-0.2, -0.15) is 0 Å². The van der Waals surface area contributed by atoms with Gasteiger partial charge in [0.05, 0.1) is 24.1 Å². The van der Waals surface area contributed by atoms with Crippen LogP contribution in [-0.4, -0.2) is 41.1 Å². The number of amides is 1. The Balaban J connectivity index is 1.51. The zero-order valence-corrected chi connectivity index (χ0v) is 14.7. The smallest absolute Gasteiger partial charge is 0.227 e. The van der Waals surface area contributed by atoms with Crippen LogP contribution >= 0.6 is 0 Å². The molecule has 0 unspecified atom stereocenters. The number of carbonyl (C=O) groups is 1. The van der Waals surface area contributed by atoms with Crippen molar-refractivity contribution in [3.8, 4) is 0 Å². The second-order valence-corrected chi connectivity index (χ2v) is 7.34. The van der Waals surface area contributed by atoms with Crippen LogP contribution in [-0.2, 0) is 11.2 Å².